The van der Waals surface area contributed by atoms with Gasteiger partial charge in [-0.05, 0) is 30.6 Å². The molecule has 0 radical (unpaired) electrons. The molecule has 0 heterocycles. The van der Waals surface area contributed by atoms with Crippen LogP contribution in [-0.2, 0) is 15.8 Å². The number of ether oxygens (including phenoxy) is 1. The van der Waals surface area contributed by atoms with Gasteiger partial charge in [-0.2, -0.15) is 5.26 Å². The van der Waals surface area contributed by atoms with E-state index in [0.717, 1.165) is 5.56 Å². The molecule has 0 aliphatic carbocycles. The van der Waals surface area contributed by atoms with Crippen LogP contribution in [0.1, 0.15) is 40.2 Å². The Morgan fingerprint density at radius 3 is 2.26 bits per heavy atom. The fourth-order valence-corrected chi connectivity index (χ4v) is 4.12. The summed E-state index contributed by atoms with van der Waals surface area (Å²) in [7, 11) is 0.713. The van der Waals surface area contributed by atoms with E-state index < -0.39 is 8.32 Å². The van der Waals surface area contributed by atoms with Crippen molar-refractivity contribution in [3.63, 3.8) is 0 Å². The summed E-state index contributed by atoms with van der Waals surface area (Å²) >= 11 is 0. The standard InChI is InChI=1S/C21H37N2O2PSi/c1-16(19(13-22)23-17(2)26)20(25-27(6,7)21(3,4)5)15-24-14-18-11-9-8-10-12-18/h8-12,16-17,19-20,23H,14-15,26H2,1-7H3/t16-,17-,19-,20+/m1/s1. The Morgan fingerprint density at radius 1 is 1.19 bits per heavy atom. The third kappa shape index (κ3) is 8.01. The predicted octanol–water partition coefficient (Wildman–Crippen LogP) is 4.93. The molecule has 0 aliphatic rings. The van der Waals surface area contributed by atoms with Gasteiger partial charge in [-0.3, -0.25) is 5.32 Å². The highest BCUT2D eigenvalue weighted by Gasteiger charge is 2.41. The number of benzene rings is 1. The van der Waals surface area contributed by atoms with Gasteiger partial charge >= 0.3 is 0 Å². The Morgan fingerprint density at radius 2 is 1.78 bits per heavy atom. The van der Waals surface area contributed by atoms with Crippen molar-refractivity contribution in [2.45, 2.75) is 77.3 Å². The molecular weight excluding hydrogens is 371 g/mol. The van der Waals surface area contributed by atoms with Gasteiger partial charge in [-0.1, -0.05) is 58.0 Å². The molecule has 5 atom stereocenters. The Hall–Kier alpha value is -0.763. The molecular formula is C21H37N2O2PSi. The molecule has 0 bridgehead atoms. The van der Waals surface area contributed by atoms with E-state index in [-0.39, 0.29) is 28.9 Å². The molecule has 1 N–H and O–H groups in total. The van der Waals surface area contributed by atoms with E-state index in [1.165, 1.54) is 0 Å². The summed E-state index contributed by atoms with van der Waals surface area (Å²) in [5.41, 5.74) is 1.14. The number of nitrogens with zero attached hydrogens (tertiary/aromatic N) is 1. The molecule has 0 amide bonds. The molecule has 6 heteroatoms. The Balaban J connectivity index is 2.89. The first-order valence-corrected chi connectivity index (χ1v) is 13.3. The number of hydrogen-bond donors (Lipinski definition) is 1. The molecule has 1 rings (SSSR count). The van der Waals surface area contributed by atoms with Gasteiger partial charge in [0.2, 0.25) is 0 Å². The number of nitriles is 1. The zero-order chi connectivity index (χ0) is 20.7. The highest BCUT2D eigenvalue weighted by molar-refractivity contribution is 7.17. The normalized spacial score (nSPS) is 17.0. The van der Waals surface area contributed by atoms with E-state index in [9.17, 15) is 5.26 Å². The smallest absolute Gasteiger partial charge is 0.192 e. The molecule has 1 aromatic carbocycles. The highest BCUT2D eigenvalue weighted by atomic mass is 31.0. The van der Waals surface area contributed by atoms with E-state index >= 15 is 0 Å². The van der Waals surface area contributed by atoms with Gasteiger partial charge in [0, 0.05) is 11.7 Å². The van der Waals surface area contributed by atoms with Crippen LogP contribution in [-0.4, -0.2) is 32.9 Å². The Labute approximate surface area is 169 Å². The first kappa shape index (κ1) is 24.3. The minimum Gasteiger partial charge on any atom is -0.411 e. The zero-order valence-corrected chi connectivity index (χ0v) is 20.1. The van der Waals surface area contributed by atoms with E-state index in [0.29, 0.717) is 13.2 Å². The lowest BCUT2D eigenvalue weighted by atomic mass is 9.97. The van der Waals surface area contributed by atoms with Crippen LogP contribution in [0.3, 0.4) is 0 Å². The molecule has 0 fully saturated rings. The van der Waals surface area contributed by atoms with Gasteiger partial charge in [0.1, 0.15) is 6.04 Å². The summed E-state index contributed by atoms with van der Waals surface area (Å²) in [5.74, 6) is 0.179. The van der Waals surface area contributed by atoms with Gasteiger partial charge in [0.05, 0.1) is 25.4 Å². The second-order valence-corrected chi connectivity index (χ2v) is 14.6. The second kappa shape index (κ2) is 10.7. The largest absolute Gasteiger partial charge is 0.411 e. The topological polar surface area (TPSA) is 54.3 Å². The van der Waals surface area contributed by atoms with Crippen molar-refractivity contribution < 1.29 is 9.16 Å². The molecule has 0 saturated heterocycles. The highest BCUT2D eigenvalue weighted by Crippen LogP contribution is 2.38. The fraction of sp³-hybridized carbons (Fsp3) is 0.667. The van der Waals surface area contributed by atoms with Crippen molar-refractivity contribution in [1.29, 1.82) is 5.26 Å². The zero-order valence-electron chi connectivity index (χ0n) is 18.0. The third-order valence-corrected chi connectivity index (χ3v) is 10.0. The van der Waals surface area contributed by atoms with Crippen LogP contribution >= 0.6 is 9.24 Å². The van der Waals surface area contributed by atoms with Crippen LogP contribution in [0.4, 0.5) is 0 Å². The molecule has 152 valence electrons. The van der Waals surface area contributed by atoms with Crippen LogP contribution in [0.15, 0.2) is 30.3 Å². The van der Waals surface area contributed by atoms with Crippen molar-refractivity contribution in [3.05, 3.63) is 35.9 Å². The minimum atomic E-state index is -1.98. The first-order chi connectivity index (χ1) is 12.5. The molecule has 0 spiro atoms. The summed E-state index contributed by atoms with van der Waals surface area (Å²) in [6.07, 6.45) is -0.129. The molecule has 27 heavy (non-hydrogen) atoms. The van der Waals surface area contributed by atoms with Crippen molar-refractivity contribution in [2.75, 3.05) is 6.61 Å². The van der Waals surface area contributed by atoms with E-state index in [4.69, 9.17) is 9.16 Å². The summed E-state index contributed by atoms with van der Waals surface area (Å²) in [5, 5.41) is 13.1. The van der Waals surface area contributed by atoms with E-state index in [1.54, 1.807) is 0 Å². The van der Waals surface area contributed by atoms with Gasteiger partial charge in [0.25, 0.3) is 0 Å². The van der Waals surface area contributed by atoms with Gasteiger partial charge in [0.15, 0.2) is 8.32 Å². The summed E-state index contributed by atoms with van der Waals surface area (Å²) in [6.45, 7) is 16.3. The number of rotatable bonds is 10. The van der Waals surface area contributed by atoms with Crippen LogP contribution in [0.2, 0.25) is 18.1 Å². The van der Waals surface area contributed by atoms with Crippen molar-refractivity contribution in [3.8, 4) is 6.07 Å². The minimum absolute atomic E-state index is 0.0166. The SMILES string of the molecule is C[C@@H]([C@H](COCc1ccccc1)O[Si](C)(C)C(C)(C)C)[C@@H](C#N)N[C@@H](C)P. The number of nitrogens with one attached hydrogen (secondary N) is 1. The number of hydrogen-bond acceptors (Lipinski definition) is 4. The average Bonchev–Trinajstić information content (AvgIpc) is 2.57. The Kier molecular flexibility index (Phi) is 9.61. The van der Waals surface area contributed by atoms with Crippen LogP contribution in [0.5, 0.6) is 0 Å². The van der Waals surface area contributed by atoms with Crippen LogP contribution in [0, 0.1) is 17.2 Å². The quantitative estimate of drug-likeness (QED) is 0.440. The van der Waals surface area contributed by atoms with Crippen molar-refractivity contribution in [2.24, 2.45) is 5.92 Å². The van der Waals surface area contributed by atoms with Crippen molar-refractivity contribution >= 4 is 17.6 Å². The molecule has 0 aromatic heterocycles. The lowest BCUT2D eigenvalue weighted by Gasteiger charge is -2.41. The molecule has 1 unspecified atom stereocenters. The van der Waals surface area contributed by atoms with Crippen molar-refractivity contribution in [1.82, 2.24) is 5.32 Å². The third-order valence-electron chi connectivity index (χ3n) is 5.34. The molecule has 4 nitrogen and oxygen atoms in total. The van der Waals surface area contributed by atoms with Crippen LogP contribution in [0.25, 0.3) is 0 Å². The molecule has 0 aliphatic heterocycles. The Bertz CT molecular complexity index is 596. The van der Waals surface area contributed by atoms with E-state index in [2.05, 4.69) is 73.5 Å². The summed E-state index contributed by atoms with van der Waals surface area (Å²) < 4.78 is 12.7. The molecule has 0 saturated carbocycles. The monoisotopic (exact) mass is 408 g/mol. The van der Waals surface area contributed by atoms with Crippen LogP contribution < -0.4 is 5.32 Å². The lowest BCUT2D eigenvalue weighted by Crippen LogP contribution is -2.51. The first-order valence-electron chi connectivity index (χ1n) is 9.68. The van der Waals surface area contributed by atoms with Gasteiger partial charge in [-0.15, -0.1) is 9.24 Å². The van der Waals surface area contributed by atoms with E-state index in [1.807, 2.05) is 25.1 Å². The second-order valence-electron chi connectivity index (χ2n) is 8.84. The average molecular weight is 409 g/mol. The fourth-order valence-electron chi connectivity index (χ4n) is 2.52. The predicted molar refractivity (Wildman–Crippen MR) is 119 cm³/mol. The summed E-state index contributed by atoms with van der Waals surface area (Å²) in [4.78, 5) is 0. The van der Waals surface area contributed by atoms with Gasteiger partial charge < -0.3 is 9.16 Å². The lowest BCUT2D eigenvalue weighted by molar-refractivity contribution is 0.00446. The maximum Gasteiger partial charge on any atom is 0.192 e. The summed E-state index contributed by atoms with van der Waals surface area (Å²) in [6, 6.07) is 12.3. The van der Waals surface area contributed by atoms with Gasteiger partial charge in [-0.25, -0.2) is 0 Å². The maximum atomic E-state index is 9.65. The maximum absolute atomic E-state index is 9.65. The molecule has 1 aromatic rings.